The van der Waals surface area contributed by atoms with E-state index in [1.165, 1.54) is 5.56 Å². The van der Waals surface area contributed by atoms with Gasteiger partial charge in [-0.2, -0.15) is 0 Å². The highest BCUT2D eigenvalue weighted by atomic mass is 16.2. The number of amides is 1. The van der Waals surface area contributed by atoms with E-state index < -0.39 is 0 Å². The van der Waals surface area contributed by atoms with Gasteiger partial charge in [0.2, 0.25) is 5.91 Å². The van der Waals surface area contributed by atoms with Crippen LogP contribution in [0.2, 0.25) is 0 Å². The van der Waals surface area contributed by atoms with Crippen LogP contribution in [-0.4, -0.2) is 51.4 Å². The van der Waals surface area contributed by atoms with Gasteiger partial charge in [0, 0.05) is 44.1 Å². The maximum atomic E-state index is 12.4. The van der Waals surface area contributed by atoms with Gasteiger partial charge in [-0.25, -0.2) is 4.98 Å². The highest BCUT2D eigenvalue weighted by Gasteiger charge is 2.44. The molecule has 5 nitrogen and oxygen atoms in total. The minimum Gasteiger partial charge on any atom is -0.342 e. The topological polar surface area (TPSA) is 41.4 Å². The van der Waals surface area contributed by atoms with E-state index in [1.807, 2.05) is 17.1 Å². The Bertz CT molecular complexity index is 758. The Hall–Kier alpha value is -2.14. The summed E-state index contributed by atoms with van der Waals surface area (Å²) in [4.78, 5) is 21.1. The largest absolute Gasteiger partial charge is 0.342 e. The Morgan fingerprint density at radius 3 is 2.52 bits per heavy atom. The van der Waals surface area contributed by atoms with Crippen molar-refractivity contribution in [2.45, 2.75) is 39.7 Å². The number of likely N-dealkylation sites (tertiary alicyclic amines) is 2. The lowest BCUT2D eigenvalue weighted by molar-refractivity contribution is -0.128. The van der Waals surface area contributed by atoms with Crippen LogP contribution in [-0.2, 0) is 11.3 Å². The molecule has 2 fully saturated rings. The van der Waals surface area contributed by atoms with E-state index in [0.717, 1.165) is 57.7 Å². The molecule has 0 bridgehead atoms. The zero-order chi connectivity index (χ0) is 18.9. The highest BCUT2D eigenvalue weighted by Crippen LogP contribution is 2.41. The fourth-order valence-corrected chi connectivity index (χ4v) is 4.55. The van der Waals surface area contributed by atoms with Crippen molar-refractivity contribution >= 4 is 5.91 Å². The molecular weight excluding hydrogens is 336 g/mol. The molecule has 5 heteroatoms. The summed E-state index contributed by atoms with van der Waals surface area (Å²) in [5.41, 5.74) is 2.72. The maximum Gasteiger partial charge on any atom is 0.223 e. The van der Waals surface area contributed by atoms with Crippen molar-refractivity contribution in [3.8, 4) is 5.69 Å². The number of benzene rings is 1. The van der Waals surface area contributed by atoms with Crippen molar-refractivity contribution in [1.82, 2.24) is 19.4 Å². The van der Waals surface area contributed by atoms with Crippen molar-refractivity contribution in [3.63, 3.8) is 0 Å². The molecule has 0 aliphatic carbocycles. The molecule has 0 atom stereocenters. The lowest BCUT2D eigenvalue weighted by Crippen LogP contribution is -2.41. The van der Waals surface area contributed by atoms with Crippen LogP contribution in [0.25, 0.3) is 5.69 Å². The van der Waals surface area contributed by atoms with Gasteiger partial charge in [0.15, 0.2) is 0 Å². The summed E-state index contributed by atoms with van der Waals surface area (Å²) in [6.07, 6.45) is 8.62. The average molecular weight is 367 g/mol. The van der Waals surface area contributed by atoms with Gasteiger partial charge in [0.25, 0.3) is 0 Å². The summed E-state index contributed by atoms with van der Waals surface area (Å²) in [6, 6.07) is 8.73. The number of hydrogen-bond donors (Lipinski definition) is 0. The summed E-state index contributed by atoms with van der Waals surface area (Å²) in [5, 5.41) is 0. The molecule has 27 heavy (non-hydrogen) atoms. The summed E-state index contributed by atoms with van der Waals surface area (Å²) in [5.74, 6) is 0.918. The molecule has 1 aromatic carbocycles. The molecule has 2 aromatic rings. The van der Waals surface area contributed by atoms with Crippen molar-refractivity contribution in [1.29, 1.82) is 0 Å². The minimum atomic E-state index is 0.230. The van der Waals surface area contributed by atoms with Crippen molar-refractivity contribution in [3.05, 3.63) is 48.5 Å². The smallest absolute Gasteiger partial charge is 0.223 e. The first-order chi connectivity index (χ1) is 13.0. The number of hydrogen-bond acceptors (Lipinski definition) is 3. The third-order valence-corrected chi connectivity index (χ3v) is 6.05. The van der Waals surface area contributed by atoms with Gasteiger partial charge in [0.1, 0.15) is 0 Å². The molecule has 0 radical (unpaired) electrons. The Morgan fingerprint density at radius 1 is 1.15 bits per heavy atom. The molecule has 2 aliphatic heterocycles. The van der Waals surface area contributed by atoms with Gasteiger partial charge in [-0.3, -0.25) is 9.69 Å². The second kappa shape index (κ2) is 7.47. The number of nitrogens with zero attached hydrogens (tertiary/aromatic N) is 4. The van der Waals surface area contributed by atoms with Crippen LogP contribution in [0.4, 0.5) is 0 Å². The quantitative estimate of drug-likeness (QED) is 0.815. The first-order valence-corrected chi connectivity index (χ1v) is 10.1. The maximum absolute atomic E-state index is 12.4. The predicted molar refractivity (Wildman–Crippen MR) is 107 cm³/mol. The normalized spacial score (nSPS) is 20.1. The molecule has 0 unspecified atom stereocenters. The highest BCUT2D eigenvalue weighted by molar-refractivity contribution is 5.79. The molecule has 3 heterocycles. The van der Waals surface area contributed by atoms with Crippen LogP contribution in [0.3, 0.4) is 0 Å². The monoisotopic (exact) mass is 366 g/mol. The number of piperidine rings is 1. The van der Waals surface area contributed by atoms with E-state index in [-0.39, 0.29) is 5.41 Å². The van der Waals surface area contributed by atoms with Crippen LogP contribution in [0.1, 0.15) is 38.7 Å². The van der Waals surface area contributed by atoms with Crippen LogP contribution < -0.4 is 0 Å². The second-order valence-electron chi connectivity index (χ2n) is 8.76. The van der Waals surface area contributed by atoms with Crippen LogP contribution in [0, 0.1) is 11.3 Å². The van der Waals surface area contributed by atoms with Gasteiger partial charge in [-0.05, 0) is 55.0 Å². The Morgan fingerprint density at radius 2 is 1.89 bits per heavy atom. The fourth-order valence-electron chi connectivity index (χ4n) is 4.55. The standard InChI is InChI=1S/C22H30N4O/c1-18(2)14-26-16-22(13-21(26)27)7-10-24(11-8-22)15-19-3-5-20(6-4-19)25-12-9-23-17-25/h3-6,9,12,17-18H,7-8,10-11,13-16H2,1-2H3. The van der Waals surface area contributed by atoms with E-state index in [2.05, 4.69) is 52.9 Å². The van der Waals surface area contributed by atoms with E-state index >= 15 is 0 Å². The van der Waals surface area contributed by atoms with Crippen molar-refractivity contribution < 1.29 is 4.79 Å². The SMILES string of the molecule is CC(C)CN1CC2(CCN(Cc3ccc(-n4ccnc4)cc3)CC2)CC1=O. The molecule has 0 N–H and O–H groups in total. The summed E-state index contributed by atoms with van der Waals surface area (Å²) in [7, 11) is 0. The summed E-state index contributed by atoms with van der Waals surface area (Å²) >= 11 is 0. The van der Waals surface area contributed by atoms with Crippen LogP contribution in [0.15, 0.2) is 43.0 Å². The lowest BCUT2D eigenvalue weighted by atomic mass is 9.77. The first-order valence-electron chi connectivity index (χ1n) is 10.1. The van der Waals surface area contributed by atoms with E-state index in [1.54, 1.807) is 6.20 Å². The first kappa shape index (κ1) is 18.2. The molecular formula is C22H30N4O. The van der Waals surface area contributed by atoms with Gasteiger partial charge in [0.05, 0.1) is 6.33 Å². The molecule has 2 saturated heterocycles. The number of aromatic nitrogens is 2. The number of imidazole rings is 1. The Labute approximate surface area is 162 Å². The average Bonchev–Trinajstić information content (AvgIpc) is 3.27. The predicted octanol–water partition coefficient (Wildman–Crippen LogP) is 3.34. The lowest BCUT2D eigenvalue weighted by Gasteiger charge is -2.39. The third kappa shape index (κ3) is 4.08. The zero-order valence-electron chi connectivity index (χ0n) is 16.5. The molecule has 2 aliphatic rings. The Balaban J connectivity index is 1.31. The number of carbonyl (C=O) groups is 1. The van der Waals surface area contributed by atoms with Gasteiger partial charge >= 0.3 is 0 Å². The molecule has 4 rings (SSSR count). The number of rotatable bonds is 5. The van der Waals surface area contributed by atoms with Gasteiger partial charge in [-0.1, -0.05) is 26.0 Å². The van der Waals surface area contributed by atoms with Gasteiger partial charge < -0.3 is 9.47 Å². The minimum absolute atomic E-state index is 0.230. The molecule has 1 aromatic heterocycles. The van der Waals surface area contributed by atoms with Crippen molar-refractivity contribution in [2.75, 3.05) is 26.2 Å². The van der Waals surface area contributed by atoms with Crippen LogP contribution in [0.5, 0.6) is 0 Å². The fraction of sp³-hybridized carbons (Fsp3) is 0.545. The molecule has 1 amide bonds. The molecule has 0 saturated carbocycles. The van der Waals surface area contributed by atoms with E-state index in [4.69, 9.17) is 0 Å². The molecule has 1 spiro atoms. The van der Waals surface area contributed by atoms with E-state index in [0.29, 0.717) is 11.8 Å². The Kier molecular flexibility index (Phi) is 5.04. The zero-order valence-corrected chi connectivity index (χ0v) is 16.5. The summed E-state index contributed by atoms with van der Waals surface area (Å²) in [6.45, 7) is 9.44. The van der Waals surface area contributed by atoms with Crippen molar-refractivity contribution in [2.24, 2.45) is 11.3 Å². The summed E-state index contributed by atoms with van der Waals surface area (Å²) < 4.78 is 2.02. The van der Waals surface area contributed by atoms with E-state index in [9.17, 15) is 4.79 Å². The number of carbonyl (C=O) groups excluding carboxylic acids is 1. The third-order valence-electron chi connectivity index (χ3n) is 6.05. The molecule has 144 valence electrons. The van der Waals surface area contributed by atoms with Gasteiger partial charge in [-0.15, -0.1) is 0 Å². The second-order valence-corrected chi connectivity index (χ2v) is 8.76. The van der Waals surface area contributed by atoms with Crippen LogP contribution >= 0.6 is 0 Å².